The third-order valence-corrected chi connectivity index (χ3v) is 5.62. The van der Waals surface area contributed by atoms with E-state index in [0.29, 0.717) is 0 Å². The van der Waals surface area contributed by atoms with Crippen molar-refractivity contribution in [1.29, 1.82) is 0 Å². The number of ether oxygens (including phenoxy) is 1. The Balaban J connectivity index is 1.77. The summed E-state index contributed by atoms with van der Waals surface area (Å²) in [6.45, 7) is 1.17. The number of likely N-dealkylation sites (N-methyl/N-ethyl adjacent to an activating group) is 1. The van der Waals surface area contributed by atoms with Crippen molar-refractivity contribution in [2.75, 3.05) is 12.8 Å². The standard InChI is InChI=1S/C18H18N2O6S/c1-10(21)26-12-9-27-17-15(16(23)20(17)14(12)18(24)25)19(2)13(22)8-11-6-4-3-5-7-11/h3-7,15,17H,8-9H2,1-2H3,(H,24,25)/t15?,17-/m0/s1. The van der Waals surface area contributed by atoms with Gasteiger partial charge in [-0.05, 0) is 5.56 Å². The molecule has 1 N–H and O–H groups in total. The van der Waals surface area contributed by atoms with Crippen LogP contribution in [0.2, 0.25) is 0 Å². The van der Waals surface area contributed by atoms with Crippen LogP contribution < -0.4 is 0 Å². The fourth-order valence-electron chi connectivity index (χ4n) is 3.10. The molecule has 1 saturated heterocycles. The minimum Gasteiger partial charge on any atom is -0.476 e. The maximum atomic E-state index is 12.6. The normalized spacial score (nSPS) is 21.3. The summed E-state index contributed by atoms with van der Waals surface area (Å²) < 4.78 is 4.95. The molecular weight excluding hydrogens is 372 g/mol. The fraction of sp³-hybridized carbons (Fsp3) is 0.333. The van der Waals surface area contributed by atoms with Crippen LogP contribution in [0.1, 0.15) is 12.5 Å². The lowest BCUT2D eigenvalue weighted by atomic mass is 10.0. The van der Waals surface area contributed by atoms with Gasteiger partial charge in [-0.1, -0.05) is 30.3 Å². The summed E-state index contributed by atoms with van der Waals surface area (Å²) in [5.74, 6) is -2.65. The van der Waals surface area contributed by atoms with Crippen molar-refractivity contribution >= 4 is 35.5 Å². The van der Waals surface area contributed by atoms with Crippen molar-refractivity contribution in [1.82, 2.24) is 9.80 Å². The van der Waals surface area contributed by atoms with E-state index < -0.39 is 29.3 Å². The molecule has 1 unspecified atom stereocenters. The van der Waals surface area contributed by atoms with Gasteiger partial charge in [0.15, 0.2) is 5.70 Å². The molecule has 1 aromatic carbocycles. The molecular formula is C18H18N2O6S. The number of esters is 1. The molecule has 0 radical (unpaired) electrons. The van der Waals surface area contributed by atoms with Crippen LogP contribution in [0, 0.1) is 0 Å². The predicted molar refractivity (Wildman–Crippen MR) is 96.2 cm³/mol. The smallest absolute Gasteiger partial charge is 0.356 e. The number of benzene rings is 1. The van der Waals surface area contributed by atoms with E-state index in [-0.39, 0.29) is 29.5 Å². The summed E-state index contributed by atoms with van der Waals surface area (Å²) in [4.78, 5) is 50.4. The van der Waals surface area contributed by atoms with Gasteiger partial charge in [-0.3, -0.25) is 19.3 Å². The van der Waals surface area contributed by atoms with Crippen LogP contribution in [0.15, 0.2) is 41.8 Å². The minimum absolute atomic E-state index is 0.0543. The molecule has 142 valence electrons. The first-order valence-electron chi connectivity index (χ1n) is 8.20. The first-order chi connectivity index (χ1) is 12.8. The van der Waals surface area contributed by atoms with E-state index in [1.54, 1.807) is 0 Å². The summed E-state index contributed by atoms with van der Waals surface area (Å²) in [6.07, 6.45) is 0.152. The van der Waals surface area contributed by atoms with Crippen LogP contribution in [-0.4, -0.2) is 62.9 Å². The van der Waals surface area contributed by atoms with Crippen molar-refractivity contribution in [2.45, 2.75) is 24.8 Å². The number of carbonyl (C=O) groups excluding carboxylic acids is 3. The molecule has 2 amide bonds. The third-order valence-electron chi connectivity index (χ3n) is 4.38. The van der Waals surface area contributed by atoms with Crippen molar-refractivity contribution < 1.29 is 29.0 Å². The van der Waals surface area contributed by atoms with Gasteiger partial charge in [0, 0.05) is 14.0 Å². The minimum atomic E-state index is -1.35. The number of β-lactam (4-membered cyclic amide) rings is 1. The number of carbonyl (C=O) groups is 4. The summed E-state index contributed by atoms with van der Waals surface area (Å²) in [5.41, 5.74) is 0.497. The SMILES string of the molecule is CC(=O)OC1=C(C(=O)O)N2C(=O)C(N(C)C(=O)Cc3ccccc3)[C@@H]2SC1. The molecule has 8 nitrogen and oxygen atoms in total. The van der Waals surface area contributed by atoms with Gasteiger partial charge in [-0.2, -0.15) is 0 Å². The summed E-state index contributed by atoms with van der Waals surface area (Å²) in [7, 11) is 1.54. The quantitative estimate of drug-likeness (QED) is 0.587. The molecule has 27 heavy (non-hydrogen) atoms. The highest BCUT2D eigenvalue weighted by Gasteiger charge is 2.56. The van der Waals surface area contributed by atoms with Crippen LogP contribution in [-0.2, 0) is 30.3 Å². The number of amides is 2. The van der Waals surface area contributed by atoms with Crippen LogP contribution in [0.5, 0.6) is 0 Å². The molecule has 9 heteroatoms. The van der Waals surface area contributed by atoms with Gasteiger partial charge in [0.1, 0.15) is 17.2 Å². The Bertz CT molecular complexity index is 838. The van der Waals surface area contributed by atoms with Crippen molar-refractivity contribution in [3.8, 4) is 0 Å². The zero-order valence-electron chi connectivity index (χ0n) is 14.7. The Morgan fingerprint density at radius 2 is 1.96 bits per heavy atom. The molecule has 0 aromatic heterocycles. The average molecular weight is 390 g/mol. The van der Waals surface area contributed by atoms with Crippen molar-refractivity contribution in [3.05, 3.63) is 47.4 Å². The number of aliphatic carboxylic acids is 1. The Hall–Kier alpha value is -2.81. The lowest BCUT2D eigenvalue weighted by Gasteiger charge is -2.51. The highest BCUT2D eigenvalue weighted by Crippen LogP contribution is 2.42. The topological polar surface area (TPSA) is 104 Å². The second-order valence-corrected chi connectivity index (χ2v) is 7.30. The van der Waals surface area contributed by atoms with E-state index in [2.05, 4.69) is 0 Å². The molecule has 0 saturated carbocycles. The van der Waals surface area contributed by atoms with E-state index in [9.17, 15) is 24.3 Å². The van der Waals surface area contributed by atoms with Gasteiger partial charge in [0.25, 0.3) is 5.91 Å². The van der Waals surface area contributed by atoms with Gasteiger partial charge >= 0.3 is 11.9 Å². The Morgan fingerprint density at radius 3 is 2.56 bits per heavy atom. The first kappa shape index (κ1) is 19.0. The van der Waals surface area contributed by atoms with E-state index in [4.69, 9.17) is 4.74 Å². The van der Waals surface area contributed by atoms with E-state index in [0.717, 1.165) is 10.5 Å². The summed E-state index contributed by atoms with van der Waals surface area (Å²) in [5, 5.41) is 8.94. The third kappa shape index (κ3) is 3.55. The number of thioether (sulfide) groups is 1. The van der Waals surface area contributed by atoms with Crippen LogP contribution in [0.4, 0.5) is 0 Å². The van der Waals surface area contributed by atoms with Gasteiger partial charge in [-0.25, -0.2) is 4.79 Å². The lowest BCUT2D eigenvalue weighted by Crippen LogP contribution is -2.70. The van der Waals surface area contributed by atoms with E-state index >= 15 is 0 Å². The highest BCUT2D eigenvalue weighted by molar-refractivity contribution is 8.00. The second-order valence-electron chi connectivity index (χ2n) is 6.19. The molecule has 0 aliphatic carbocycles. The van der Waals surface area contributed by atoms with Crippen molar-refractivity contribution in [2.24, 2.45) is 0 Å². The monoisotopic (exact) mass is 390 g/mol. The van der Waals surface area contributed by atoms with Gasteiger partial charge < -0.3 is 14.7 Å². The number of hydrogen-bond donors (Lipinski definition) is 1. The molecule has 2 heterocycles. The van der Waals surface area contributed by atoms with Crippen LogP contribution >= 0.6 is 11.8 Å². The molecule has 0 bridgehead atoms. The molecule has 2 aliphatic rings. The summed E-state index contributed by atoms with van der Waals surface area (Å²) >= 11 is 1.26. The van der Waals surface area contributed by atoms with Gasteiger partial charge in [0.05, 0.1) is 12.2 Å². The largest absolute Gasteiger partial charge is 0.476 e. The second kappa shape index (κ2) is 7.43. The number of carboxylic acid groups (broad SMARTS) is 1. The Kier molecular flexibility index (Phi) is 5.22. The number of hydrogen-bond acceptors (Lipinski definition) is 6. The van der Waals surface area contributed by atoms with Crippen LogP contribution in [0.25, 0.3) is 0 Å². The number of carboxylic acids is 1. The zero-order valence-corrected chi connectivity index (χ0v) is 15.6. The maximum absolute atomic E-state index is 12.6. The molecule has 1 fully saturated rings. The highest BCUT2D eigenvalue weighted by atomic mass is 32.2. The van der Waals surface area contributed by atoms with Crippen LogP contribution in [0.3, 0.4) is 0 Å². The Labute approximate surface area is 159 Å². The predicted octanol–water partition coefficient (Wildman–Crippen LogP) is 0.831. The molecule has 2 aliphatic heterocycles. The number of nitrogens with zero attached hydrogens (tertiary/aromatic N) is 2. The molecule has 0 spiro atoms. The average Bonchev–Trinajstić information content (AvgIpc) is 2.61. The number of fused-ring (bicyclic) bond motifs is 1. The van der Waals surface area contributed by atoms with Crippen molar-refractivity contribution in [3.63, 3.8) is 0 Å². The Morgan fingerprint density at radius 1 is 1.30 bits per heavy atom. The molecule has 2 atom stereocenters. The zero-order chi connectivity index (χ0) is 19.7. The summed E-state index contributed by atoms with van der Waals surface area (Å²) in [6, 6.07) is 8.41. The van der Waals surface area contributed by atoms with Gasteiger partial charge in [0.2, 0.25) is 5.91 Å². The fourth-order valence-corrected chi connectivity index (χ4v) is 4.45. The molecule has 3 rings (SSSR count). The number of rotatable bonds is 5. The maximum Gasteiger partial charge on any atom is 0.356 e. The van der Waals surface area contributed by atoms with Gasteiger partial charge in [-0.15, -0.1) is 11.8 Å². The first-order valence-corrected chi connectivity index (χ1v) is 9.25. The lowest BCUT2D eigenvalue weighted by molar-refractivity contribution is -0.159. The van der Waals surface area contributed by atoms with E-state index in [1.807, 2.05) is 30.3 Å². The molecule has 1 aromatic rings. The van der Waals surface area contributed by atoms with E-state index in [1.165, 1.54) is 30.6 Å².